The molecule has 3 aromatic rings. The predicted octanol–water partition coefficient (Wildman–Crippen LogP) is 5.44. The highest BCUT2D eigenvalue weighted by Gasteiger charge is 2.25. The quantitative estimate of drug-likeness (QED) is 0.368. The van der Waals surface area contributed by atoms with E-state index < -0.39 is 15.9 Å². The molecule has 0 unspecified atom stereocenters. The molecule has 2 aromatic carbocycles. The smallest absolute Gasteiger partial charge is 0.268 e. The number of hydrogen-bond acceptors (Lipinski definition) is 6. The van der Waals surface area contributed by atoms with Crippen molar-refractivity contribution in [1.29, 1.82) is 0 Å². The summed E-state index contributed by atoms with van der Waals surface area (Å²) in [6, 6.07) is 16.2. The Labute approximate surface area is 224 Å². The van der Waals surface area contributed by atoms with E-state index >= 15 is 0 Å². The number of aryl methyl sites for hydroxylation is 1. The van der Waals surface area contributed by atoms with Crippen LogP contribution in [0.3, 0.4) is 0 Å². The third-order valence-electron chi connectivity index (χ3n) is 6.89. The Balaban J connectivity index is 1.54. The fraction of sp³-hybridized carbons (Fsp3) is 0.393. The van der Waals surface area contributed by atoms with Crippen molar-refractivity contribution in [3.8, 4) is 0 Å². The van der Waals surface area contributed by atoms with Gasteiger partial charge in [-0.15, -0.1) is 0 Å². The van der Waals surface area contributed by atoms with Crippen LogP contribution < -0.4 is 9.62 Å². The minimum absolute atomic E-state index is 0.0481. The summed E-state index contributed by atoms with van der Waals surface area (Å²) in [4.78, 5) is 24.2. The molecule has 1 aliphatic carbocycles. The number of carbonyl (C=O) groups excluding carboxylic acids is 1. The monoisotopic (exact) mass is 540 g/mol. The second-order valence-electron chi connectivity index (χ2n) is 9.60. The average Bonchev–Trinajstić information content (AvgIpc) is 2.91. The van der Waals surface area contributed by atoms with Gasteiger partial charge in [-0.2, -0.15) is 0 Å². The highest BCUT2D eigenvalue weighted by Crippen LogP contribution is 2.28. The van der Waals surface area contributed by atoms with Gasteiger partial charge >= 0.3 is 0 Å². The molecule has 37 heavy (non-hydrogen) atoms. The SMILES string of the molecule is CN(CCc1ccccc1)c1ncc(C(=O)NS(=O)(=O)c2ccccc2Cl)c(CCC2CCCCC2)n1. The van der Waals surface area contributed by atoms with Crippen LogP contribution in [0.2, 0.25) is 5.02 Å². The third-order valence-corrected chi connectivity index (χ3v) is 8.72. The van der Waals surface area contributed by atoms with E-state index in [1.807, 2.05) is 30.1 Å². The van der Waals surface area contributed by atoms with Crippen LogP contribution in [0.15, 0.2) is 65.7 Å². The number of likely N-dealkylation sites (N-methyl/N-ethyl adjacent to an activating group) is 1. The molecule has 1 fully saturated rings. The van der Waals surface area contributed by atoms with Crippen molar-refractivity contribution < 1.29 is 13.2 Å². The molecule has 0 aliphatic heterocycles. The summed E-state index contributed by atoms with van der Waals surface area (Å²) in [6.45, 7) is 0.707. The normalized spacial score (nSPS) is 14.3. The molecule has 1 heterocycles. The van der Waals surface area contributed by atoms with Gasteiger partial charge in [0, 0.05) is 19.8 Å². The summed E-state index contributed by atoms with van der Waals surface area (Å²) < 4.78 is 27.9. The van der Waals surface area contributed by atoms with E-state index in [9.17, 15) is 13.2 Å². The molecule has 7 nitrogen and oxygen atoms in total. The number of carbonyl (C=O) groups is 1. The molecule has 1 aromatic heterocycles. The number of anilines is 1. The van der Waals surface area contributed by atoms with Gasteiger partial charge in [0.15, 0.2) is 0 Å². The molecule has 9 heteroatoms. The van der Waals surface area contributed by atoms with E-state index in [1.165, 1.54) is 56.0 Å². The van der Waals surface area contributed by atoms with Gasteiger partial charge in [-0.05, 0) is 42.9 Å². The van der Waals surface area contributed by atoms with Gasteiger partial charge in [-0.3, -0.25) is 4.79 Å². The zero-order valence-corrected chi connectivity index (χ0v) is 22.6. The molecule has 0 atom stereocenters. The van der Waals surface area contributed by atoms with E-state index in [0.29, 0.717) is 30.5 Å². The Hall–Kier alpha value is -2.97. The van der Waals surface area contributed by atoms with E-state index in [-0.39, 0.29) is 15.5 Å². The number of benzene rings is 2. The number of halogens is 1. The molecule has 4 rings (SSSR count). The van der Waals surface area contributed by atoms with Crippen molar-refractivity contribution in [1.82, 2.24) is 14.7 Å². The first-order valence-electron chi connectivity index (χ1n) is 12.8. The molecular formula is C28H33ClN4O3S. The van der Waals surface area contributed by atoms with Crippen LogP contribution in [-0.4, -0.2) is 37.9 Å². The van der Waals surface area contributed by atoms with Gasteiger partial charge in [0.1, 0.15) is 4.90 Å². The minimum Gasteiger partial charge on any atom is -0.344 e. The molecular weight excluding hydrogens is 508 g/mol. The largest absolute Gasteiger partial charge is 0.344 e. The van der Waals surface area contributed by atoms with Crippen LogP contribution in [-0.2, 0) is 22.9 Å². The summed E-state index contributed by atoms with van der Waals surface area (Å²) in [5, 5.41) is 0.0481. The van der Waals surface area contributed by atoms with Crippen LogP contribution in [0.4, 0.5) is 5.95 Å². The van der Waals surface area contributed by atoms with Gasteiger partial charge in [-0.1, -0.05) is 86.2 Å². The van der Waals surface area contributed by atoms with Crippen molar-refractivity contribution in [3.63, 3.8) is 0 Å². The molecule has 0 spiro atoms. The molecule has 1 amide bonds. The lowest BCUT2D eigenvalue weighted by molar-refractivity contribution is 0.0979. The molecule has 0 saturated heterocycles. The lowest BCUT2D eigenvalue weighted by Gasteiger charge is -2.22. The Bertz CT molecular complexity index is 1310. The first kappa shape index (κ1) is 27.1. The fourth-order valence-electron chi connectivity index (χ4n) is 4.72. The Kier molecular flexibility index (Phi) is 9.16. The number of amides is 1. The van der Waals surface area contributed by atoms with Gasteiger partial charge in [0.2, 0.25) is 5.95 Å². The Morgan fingerprint density at radius 3 is 2.46 bits per heavy atom. The first-order valence-corrected chi connectivity index (χ1v) is 14.6. The van der Waals surface area contributed by atoms with Crippen LogP contribution in [0.1, 0.15) is 60.1 Å². The van der Waals surface area contributed by atoms with Gasteiger partial charge in [0.25, 0.3) is 15.9 Å². The molecule has 1 saturated carbocycles. The maximum Gasteiger partial charge on any atom is 0.268 e. The van der Waals surface area contributed by atoms with E-state index in [1.54, 1.807) is 12.1 Å². The standard InChI is InChI=1S/C28H33ClN4O3S/c1-33(19-18-22-12-6-3-7-13-22)28-30-20-23(25(31-28)17-16-21-10-4-2-5-11-21)27(34)32-37(35,36)26-15-9-8-14-24(26)29/h3,6-9,12-15,20-21H,2,4-5,10-11,16-19H2,1H3,(H,32,34). The number of sulfonamides is 1. The maximum atomic E-state index is 13.2. The molecule has 0 radical (unpaired) electrons. The lowest BCUT2D eigenvalue weighted by atomic mass is 9.85. The number of aromatic nitrogens is 2. The summed E-state index contributed by atoms with van der Waals surface area (Å²) in [5.41, 5.74) is 1.95. The van der Waals surface area contributed by atoms with Gasteiger partial charge < -0.3 is 4.90 Å². The Morgan fingerprint density at radius 2 is 1.73 bits per heavy atom. The third kappa shape index (κ3) is 7.29. The van der Waals surface area contributed by atoms with Crippen molar-refractivity contribution in [2.75, 3.05) is 18.5 Å². The van der Waals surface area contributed by atoms with Gasteiger partial charge in [-0.25, -0.2) is 23.1 Å². The van der Waals surface area contributed by atoms with Crippen molar-refractivity contribution in [3.05, 3.63) is 82.6 Å². The van der Waals surface area contributed by atoms with Crippen molar-refractivity contribution in [2.45, 2.75) is 56.3 Å². The summed E-state index contributed by atoms with van der Waals surface area (Å²) in [7, 11) is -2.23. The van der Waals surface area contributed by atoms with E-state index in [0.717, 1.165) is 12.8 Å². The average molecular weight is 541 g/mol. The molecule has 1 N–H and O–H groups in total. The minimum atomic E-state index is -4.15. The topological polar surface area (TPSA) is 92.3 Å². The highest BCUT2D eigenvalue weighted by molar-refractivity contribution is 7.90. The summed E-state index contributed by atoms with van der Waals surface area (Å²) in [6.07, 6.45) is 9.84. The number of hydrogen-bond donors (Lipinski definition) is 1. The Morgan fingerprint density at radius 1 is 1.03 bits per heavy atom. The van der Waals surface area contributed by atoms with E-state index in [4.69, 9.17) is 16.6 Å². The molecule has 0 bridgehead atoms. The van der Waals surface area contributed by atoms with Crippen molar-refractivity contribution >= 4 is 33.5 Å². The van der Waals surface area contributed by atoms with E-state index in [2.05, 4.69) is 21.8 Å². The molecule has 196 valence electrons. The molecule has 1 aliphatic rings. The number of nitrogens with zero attached hydrogens (tertiary/aromatic N) is 3. The van der Waals surface area contributed by atoms with Crippen LogP contribution >= 0.6 is 11.6 Å². The highest BCUT2D eigenvalue weighted by atomic mass is 35.5. The number of rotatable bonds is 10. The first-order chi connectivity index (χ1) is 17.8. The van der Waals surface area contributed by atoms with Crippen LogP contribution in [0, 0.1) is 5.92 Å². The summed E-state index contributed by atoms with van der Waals surface area (Å²) >= 11 is 6.07. The lowest BCUT2D eigenvalue weighted by Crippen LogP contribution is -2.32. The summed E-state index contributed by atoms with van der Waals surface area (Å²) in [5.74, 6) is 0.350. The second-order valence-corrected chi connectivity index (χ2v) is 11.7. The number of nitrogens with one attached hydrogen (secondary N) is 1. The maximum absolute atomic E-state index is 13.2. The zero-order valence-electron chi connectivity index (χ0n) is 21.1. The fourth-order valence-corrected chi connectivity index (χ4v) is 6.21. The predicted molar refractivity (Wildman–Crippen MR) is 146 cm³/mol. The van der Waals surface area contributed by atoms with Crippen molar-refractivity contribution in [2.24, 2.45) is 5.92 Å². The second kappa shape index (κ2) is 12.5. The van der Waals surface area contributed by atoms with Gasteiger partial charge in [0.05, 0.1) is 16.3 Å². The van der Waals surface area contributed by atoms with Crippen LogP contribution in [0.5, 0.6) is 0 Å². The van der Waals surface area contributed by atoms with Crippen LogP contribution in [0.25, 0.3) is 0 Å². The zero-order chi connectivity index (χ0) is 26.3.